The van der Waals surface area contributed by atoms with Gasteiger partial charge in [-0.1, -0.05) is 53.4 Å². The fourth-order valence-corrected chi connectivity index (χ4v) is 3.78. The van der Waals surface area contributed by atoms with Crippen LogP contribution in [0.5, 0.6) is 0 Å². The van der Waals surface area contributed by atoms with Crippen molar-refractivity contribution >= 4 is 0 Å². The highest BCUT2D eigenvalue weighted by molar-refractivity contribution is 4.91. The summed E-state index contributed by atoms with van der Waals surface area (Å²) in [7, 11) is 0. The van der Waals surface area contributed by atoms with Gasteiger partial charge in [0.25, 0.3) is 0 Å². The molecular formula is C17H33N. The lowest BCUT2D eigenvalue weighted by Crippen LogP contribution is -2.48. The molecule has 0 radical (unpaired) electrons. The molecule has 2 fully saturated rings. The number of hydrogen-bond donors (Lipinski definition) is 1. The number of rotatable bonds is 5. The van der Waals surface area contributed by atoms with Gasteiger partial charge in [0.2, 0.25) is 0 Å². The Bertz CT molecular complexity index is 249. The fraction of sp³-hybridized carbons (Fsp3) is 1.00. The molecule has 0 spiro atoms. The van der Waals surface area contributed by atoms with Gasteiger partial charge in [0.1, 0.15) is 0 Å². The third-order valence-electron chi connectivity index (χ3n) is 5.14. The van der Waals surface area contributed by atoms with Crippen LogP contribution in [0.1, 0.15) is 79.1 Å². The Balaban J connectivity index is 1.90. The SMILES string of the molecule is CCC(CC1CC1)NC1CCCCC1C(C)(C)C. The maximum atomic E-state index is 4.03. The number of hydrogen-bond acceptors (Lipinski definition) is 1. The van der Waals surface area contributed by atoms with Crippen LogP contribution in [0, 0.1) is 17.3 Å². The summed E-state index contributed by atoms with van der Waals surface area (Å²) in [5, 5.41) is 4.03. The highest BCUT2D eigenvalue weighted by Gasteiger charge is 2.35. The van der Waals surface area contributed by atoms with Crippen molar-refractivity contribution < 1.29 is 0 Å². The topological polar surface area (TPSA) is 12.0 Å². The van der Waals surface area contributed by atoms with Gasteiger partial charge < -0.3 is 5.32 Å². The van der Waals surface area contributed by atoms with Gasteiger partial charge in [0.15, 0.2) is 0 Å². The van der Waals surface area contributed by atoms with E-state index in [4.69, 9.17) is 0 Å². The molecule has 2 rings (SSSR count). The van der Waals surface area contributed by atoms with E-state index >= 15 is 0 Å². The molecule has 2 aliphatic rings. The van der Waals surface area contributed by atoms with E-state index < -0.39 is 0 Å². The molecular weight excluding hydrogens is 218 g/mol. The van der Waals surface area contributed by atoms with E-state index in [0.29, 0.717) is 5.41 Å². The van der Waals surface area contributed by atoms with E-state index in [-0.39, 0.29) is 0 Å². The molecule has 0 saturated heterocycles. The average molecular weight is 251 g/mol. The monoisotopic (exact) mass is 251 g/mol. The lowest BCUT2D eigenvalue weighted by Gasteiger charge is -2.42. The van der Waals surface area contributed by atoms with Crippen molar-refractivity contribution in [3.8, 4) is 0 Å². The van der Waals surface area contributed by atoms with Crippen LogP contribution < -0.4 is 5.32 Å². The van der Waals surface area contributed by atoms with Crippen molar-refractivity contribution in [2.75, 3.05) is 0 Å². The van der Waals surface area contributed by atoms with Crippen LogP contribution >= 0.6 is 0 Å². The lowest BCUT2D eigenvalue weighted by molar-refractivity contribution is 0.120. The Morgan fingerprint density at radius 2 is 1.72 bits per heavy atom. The summed E-state index contributed by atoms with van der Waals surface area (Å²) in [5.74, 6) is 1.93. The van der Waals surface area contributed by atoms with Crippen LogP contribution in [0.3, 0.4) is 0 Å². The molecule has 0 aromatic carbocycles. The molecule has 106 valence electrons. The average Bonchev–Trinajstić information content (AvgIpc) is 3.11. The molecule has 3 unspecified atom stereocenters. The molecule has 18 heavy (non-hydrogen) atoms. The van der Waals surface area contributed by atoms with Gasteiger partial charge in [-0.2, -0.15) is 0 Å². The third kappa shape index (κ3) is 3.98. The van der Waals surface area contributed by atoms with Crippen LogP contribution in [-0.2, 0) is 0 Å². The molecule has 0 bridgehead atoms. The maximum Gasteiger partial charge on any atom is 0.0103 e. The smallest absolute Gasteiger partial charge is 0.0103 e. The summed E-state index contributed by atoms with van der Waals surface area (Å²) >= 11 is 0. The molecule has 0 aromatic heterocycles. The first-order valence-electron chi connectivity index (χ1n) is 8.26. The third-order valence-corrected chi connectivity index (χ3v) is 5.14. The molecule has 0 aromatic rings. The standard InChI is InChI=1S/C17H33N/c1-5-14(12-13-10-11-13)18-16-9-7-6-8-15(16)17(2,3)4/h13-16,18H,5-12H2,1-4H3. The first-order chi connectivity index (χ1) is 8.50. The summed E-state index contributed by atoms with van der Waals surface area (Å²) in [5.41, 5.74) is 0.468. The molecule has 2 aliphatic carbocycles. The van der Waals surface area contributed by atoms with Crippen LogP contribution in [-0.4, -0.2) is 12.1 Å². The second kappa shape index (κ2) is 5.94. The normalized spacial score (nSPS) is 31.3. The van der Waals surface area contributed by atoms with Gasteiger partial charge in [-0.05, 0) is 42.9 Å². The summed E-state index contributed by atoms with van der Waals surface area (Å²) in [6.07, 6.45) is 11.4. The first-order valence-corrected chi connectivity index (χ1v) is 8.26. The zero-order valence-corrected chi connectivity index (χ0v) is 13.0. The van der Waals surface area contributed by atoms with E-state index in [1.54, 1.807) is 0 Å². The minimum atomic E-state index is 0.468. The van der Waals surface area contributed by atoms with Crippen LogP contribution in [0.4, 0.5) is 0 Å². The minimum absolute atomic E-state index is 0.468. The van der Waals surface area contributed by atoms with E-state index in [1.165, 1.54) is 51.4 Å². The zero-order valence-electron chi connectivity index (χ0n) is 13.0. The Labute approximate surface area is 114 Å². The van der Waals surface area contributed by atoms with Gasteiger partial charge in [0.05, 0.1) is 0 Å². The summed E-state index contributed by atoms with van der Waals surface area (Å²) in [6.45, 7) is 9.65. The van der Waals surface area contributed by atoms with E-state index in [9.17, 15) is 0 Å². The zero-order chi connectivity index (χ0) is 13.2. The van der Waals surface area contributed by atoms with Crippen molar-refractivity contribution in [2.24, 2.45) is 17.3 Å². The predicted molar refractivity (Wildman–Crippen MR) is 79.8 cm³/mol. The van der Waals surface area contributed by atoms with Crippen molar-refractivity contribution in [3.63, 3.8) is 0 Å². The van der Waals surface area contributed by atoms with Crippen LogP contribution in [0.2, 0.25) is 0 Å². The fourth-order valence-electron chi connectivity index (χ4n) is 3.78. The highest BCUT2D eigenvalue weighted by Crippen LogP contribution is 2.39. The van der Waals surface area contributed by atoms with Gasteiger partial charge in [-0.25, -0.2) is 0 Å². The quantitative estimate of drug-likeness (QED) is 0.743. The highest BCUT2D eigenvalue weighted by atomic mass is 15.0. The molecule has 1 nitrogen and oxygen atoms in total. The Morgan fingerprint density at radius 3 is 2.28 bits per heavy atom. The van der Waals surface area contributed by atoms with Crippen molar-refractivity contribution in [3.05, 3.63) is 0 Å². The molecule has 0 heterocycles. The van der Waals surface area contributed by atoms with Crippen molar-refractivity contribution in [2.45, 2.75) is 91.1 Å². The van der Waals surface area contributed by atoms with Gasteiger partial charge in [-0.3, -0.25) is 0 Å². The summed E-state index contributed by atoms with van der Waals surface area (Å²) in [4.78, 5) is 0. The second-order valence-corrected chi connectivity index (χ2v) is 7.81. The molecule has 0 aliphatic heterocycles. The van der Waals surface area contributed by atoms with Crippen LogP contribution in [0.15, 0.2) is 0 Å². The van der Waals surface area contributed by atoms with Crippen molar-refractivity contribution in [1.29, 1.82) is 0 Å². The Hall–Kier alpha value is -0.0400. The number of nitrogens with one attached hydrogen (secondary N) is 1. The second-order valence-electron chi connectivity index (χ2n) is 7.81. The van der Waals surface area contributed by atoms with E-state index in [2.05, 4.69) is 33.0 Å². The largest absolute Gasteiger partial charge is 0.311 e. The van der Waals surface area contributed by atoms with E-state index in [1.807, 2.05) is 0 Å². The summed E-state index contributed by atoms with van der Waals surface area (Å²) in [6, 6.07) is 1.56. The maximum absolute atomic E-state index is 4.03. The molecule has 2 saturated carbocycles. The predicted octanol–water partition coefficient (Wildman–Crippen LogP) is 4.76. The Kier molecular flexibility index (Phi) is 4.75. The van der Waals surface area contributed by atoms with Gasteiger partial charge >= 0.3 is 0 Å². The summed E-state index contributed by atoms with van der Waals surface area (Å²) < 4.78 is 0. The van der Waals surface area contributed by atoms with Crippen LogP contribution in [0.25, 0.3) is 0 Å². The van der Waals surface area contributed by atoms with Crippen molar-refractivity contribution in [1.82, 2.24) is 5.32 Å². The first kappa shape index (κ1) is 14.4. The molecule has 1 N–H and O–H groups in total. The molecule has 3 atom stereocenters. The lowest BCUT2D eigenvalue weighted by atomic mass is 9.69. The Morgan fingerprint density at radius 1 is 1.06 bits per heavy atom. The van der Waals surface area contributed by atoms with E-state index in [0.717, 1.165) is 23.9 Å². The van der Waals surface area contributed by atoms with Gasteiger partial charge in [-0.15, -0.1) is 0 Å². The van der Waals surface area contributed by atoms with Gasteiger partial charge in [0, 0.05) is 12.1 Å². The molecule has 1 heteroatoms. The molecule has 0 amide bonds. The minimum Gasteiger partial charge on any atom is -0.311 e.